The predicted octanol–water partition coefficient (Wildman–Crippen LogP) is 4.19. The summed E-state index contributed by atoms with van der Waals surface area (Å²) in [7, 11) is 2.04. The molecule has 2 rings (SSSR count). The number of aromatic nitrogens is 2. The zero-order chi connectivity index (χ0) is 13.7. The third-order valence-corrected chi connectivity index (χ3v) is 4.81. The van der Waals surface area contributed by atoms with Gasteiger partial charge in [-0.3, -0.25) is 4.68 Å². The van der Waals surface area contributed by atoms with E-state index in [2.05, 4.69) is 33.3 Å². The van der Waals surface area contributed by atoms with E-state index in [-0.39, 0.29) is 0 Å². The Morgan fingerprint density at radius 1 is 1.42 bits per heavy atom. The highest BCUT2D eigenvalue weighted by molar-refractivity contribution is 9.10. The molecule has 1 aliphatic carbocycles. The van der Waals surface area contributed by atoms with Gasteiger partial charge in [0.2, 0.25) is 0 Å². The van der Waals surface area contributed by atoms with Crippen LogP contribution in [0.15, 0.2) is 10.7 Å². The Balaban J connectivity index is 2.06. The lowest BCUT2D eigenvalue weighted by molar-refractivity contribution is 0.294. The van der Waals surface area contributed by atoms with Gasteiger partial charge in [-0.1, -0.05) is 39.0 Å². The maximum absolute atomic E-state index is 4.37. The van der Waals surface area contributed by atoms with E-state index in [0.717, 1.165) is 16.9 Å². The van der Waals surface area contributed by atoms with Gasteiger partial charge in [-0.2, -0.15) is 5.10 Å². The molecule has 1 aromatic rings. The molecule has 0 amide bonds. The summed E-state index contributed by atoms with van der Waals surface area (Å²) in [4.78, 5) is 0. The van der Waals surface area contributed by atoms with Crippen molar-refractivity contribution < 1.29 is 0 Å². The summed E-state index contributed by atoms with van der Waals surface area (Å²) in [5.41, 5.74) is 1.30. The third kappa shape index (κ3) is 4.06. The van der Waals surface area contributed by atoms with Crippen LogP contribution in [0.3, 0.4) is 0 Å². The van der Waals surface area contributed by atoms with Gasteiger partial charge in [0, 0.05) is 7.05 Å². The molecule has 0 spiro atoms. The Morgan fingerprint density at radius 2 is 2.16 bits per heavy atom. The minimum Gasteiger partial charge on any atom is -0.309 e. The number of nitrogens with one attached hydrogen (secondary N) is 1. The van der Waals surface area contributed by atoms with Crippen LogP contribution in [0.5, 0.6) is 0 Å². The normalized spacial score (nSPS) is 18.7. The zero-order valence-corrected chi connectivity index (χ0v) is 13.7. The fourth-order valence-corrected chi connectivity index (χ4v) is 3.80. The summed E-state index contributed by atoms with van der Waals surface area (Å²) in [6.07, 6.45) is 11.4. The van der Waals surface area contributed by atoms with E-state index < -0.39 is 0 Å². The highest BCUT2D eigenvalue weighted by atomic mass is 79.9. The first kappa shape index (κ1) is 15.0. The van der Waals surface area contributed by atoms with Crippen molar-refractivity contribution in [3.63, 3.8) is 0 Å². The van der Waals surface area contributed by atoms with E-state index in [4.69, 9.17) is 0 Å². The molecule has 0 radical (unpaired) electrons. The quantitative estimate of drug-likeness (QED) is 0.848. The van der Waals surface area contributed by atoms with Gasteiger partial charge >= 0.3 is 0 Å². The Bertz CT molecular complexity index is 363. The van der Waals surface area contributed by atoms with Crippen LogP contribution < -0.4 is 5.32 Å². The molecule has 1 saturated carbocycles. The molecule has 19 heavy (non-hydrogen) atoms. The Morgan fingerprint density at radius 3 is 2.74 bits per heavy atom. The lowest BCUT2D eigenvalue weighted by Crippen LogP contribution is -2.27. The minimum absolute atomic E-state index is 0.435. The van der Waals surface area contributed by atoms with Gasteiger partial charge in [0.25, 0.3) is 0 Å². The molecule has 1 heterocycles. The predicted molar refractivity (Wildman–Crippen MR) is 83.1 cm³/mol. The molecule has 0 bridgehead atoms. The first-order valence-electron chi connectivity index (χ1n) is 7.63. The maximum atomic E-state index is 4.37. The van der Waals surface area contributed by atoms with Gasteiger partial charge in [-0.25, -0.2) is 0 Å². The number of halogens is 1. The number of rotatable bonds is 6. The van der Waals surface area contributed by atoms with Crippen LogP contribution in [-0.4, -0.2) is 16.3 Å². The van der Waals surface area contributed by atoms with Gasteiger partial charge in [0.15, 0.2) is 0 Å². The molecule has 3 nitrogen and oxygen atoms in total. The van der Waals surface area contributed by atoms with Crippen molar-refractivity contribution in [2.24, 2.45) is 13.0 Å². The van der Waals surface area contributed by atoms with Gasteiger partial charge in [-0.05, 0) is 41.2 Å². The van der Waals surface area contributed by atoms with Crippen LogP contribution in [-0.2, 0) is 7.05 Å². The van der Waals surface area contributed by atoms with Crippen molar-refractivity contribution in [2.75, 3.05) is 6.54 Å². The monoisotopic (exact) mass is 327 g/mol. The number of hydrogen-bond donors (Lipinski definition) is 1. The molecule has 1 fully saturated rings. The first-order chi connectivity index (χ1) is 9.22. The first-order valence-corrected chi connectivity index (χ1v) is 8.42. The SMILES string of the molecule is CCCNC(CC1CCCCC1)c1c(Br)cnn1C. The molecule has 1 atom stereocenters. The fourth-order valence-electron chi connectivity index (χ4n) is 3.18. The van der Waals surface area contributed by atoms with Gasteiger partial charge < -0.3 is 5.32 Å². The van der Waals surface area contributed by atoms with Crippen LogP contribution in [0.1, 0.15) is 63.6 Å². The maximum Gasteiger partial charge on any atom is 0.0692 e. The van der Waals surface area contributed by atoms with Crippen LogP contribution in [0.25, 0.3) is 0 Å². The standard InChI is InChI=1S/C15H26BrN3/c1-3-9-17-14(10-12-7-5-4-6-8-12)15-13(16)11-18-19(15)2/h11-12,14,17H,3-10H2,1-2H3. The highest BCUT2D eigenvalue weighted by Crippen LogP contribution is 2.34. The van der Waals surface area contributed by atoms with Crippen molar-refractivity contribution in [1.29, 1.82) is 0 Å². The van der Waals surface area contributed by atoms with Crippen molar-refractivity contribution in [3.05, 3.63) is 16.4 Å². The van der Waals surface area contributed by atoms with E-state index in [0.29, 0.717) is 6.04 Å². The Labute approximate surface area is 125 Å². The molecule has 1 N–H and O–H groups in total. The fraction of sp³-hybridized carbons (Fsp3) is 0.800. The molecular weight excluding hydrogens is 302 g/mol. The summed E-state index contributed by atoms with van der Waals surface area (Å²) in [6.45, 7) is 3.30. The molecule has 1 aromatic heterocycles. The van der Waals surface area contributed by atoms with E-state index in [1.807, 2.05) is 17.9 Å². The third-order valence-electron chi connectivity index (χ3n) is 4.20. The summed E-state index contributed by atoms with van der Waals surface area (Å²) < 4.78 is 3.15. The second kappa shape index (κ2) is 7.44. The van der Waals surface area contributed by atoms with Crippen molar-refractivity contribution in [3.8, 4) is 0 Å². The van der Waals surface area contributed by atoms with Gasteiger partial charge in [0.1, 0.15) is 0 Å². The molecule has 108 valence electrons. The number of aryl methyl sites for hydroxylation is 1. The average molecular weight is 328 g/mol. The smallest absolute Gasteiger partial charge is 0.0692 e. The van der Waals surface area contributed by atoms with E-state index in [1.165, 1.54) is 50.6 Å². The molecule has 1 unspecified atom stereocenters. The van der Waals surface area contributed by atoms with E-state index >= 15 is 0 Å². The lowest BCUT2D eigenvalue weighted by Gasteiger charge is -2.27. The van der Waals surface area contributed by atoms with Gasteiger partial charge in [-0.15, -0.1) is 0 Å². The van der Waals surface area contributed by atoms with Gasteiger partial charge in [0.05, 0.1) is 22.4 Å². The van der Waals surface area contributed by atoms with Crippen molar-refractivity contribution in [2.45, 2.75) is 57.9 Å². The average Bonchev–Trinajstić information content (AvgIpc) is 2.75. The van der Waals surface area contributed by atoms with Crippen LogP contribution >= 0.6 is 15.9 Å². The summed E-state index contributed by atoms with van der Waals surface area (Å²) in [5.74, 6) is 0.880. The van der Waals surface area contributed by atoms with Crippen LogP contribution in [0, 0.1) is 5.92 Å². The number of nitrogens with zero attached hydrogens (tertiary/aromatic N) is 2. The molecule has 0 aromatic carbocycles. The summed E-state index contributed by atoms with van der Waals surface area (Å²) >= 11 is 3.65. The number of hydrogen-bond acceptors (Lipinski definition) is 2. The van der Waals surface area contributed by atoms with Crippen molar-refractivity contribution >= 4 is 15.9 Å². The molecule has 4 heteroatoms. The topological polar surface area (TPSA) is 29.9 Å². The summed E-state index contributed by atoms with van der Waals surface area (Å²) in [5, 5.41) is 8.08. The second-order valence-electron chi connectivity index (χ2n) is 5.75. The highest BCUT2D eigenvalue weighted by Gasteiger charge is 2.23. The van der Waals surface area contributed by atoms with E-state index in [9.17, 15) is 0 Å². The van der Waals surface area contributed by atoms with E-state index in [1.54, 1.807) is 0 Å². The Hall–Kier alpha value is -0.350. The second-order valence-corrected chi connectivity index (χ2v) is 6.60. The van der Waals surface area contributed by atoms with Crippen LogP contribution in [0.4, 0.5) is 0 Å². The molecule has 1 aliphatic rings. The Kier molecular flexibility index (Phi) is 5.89. The minimum atomic E-state index is 0.435. The summed E-state index contributed by atoms with van der Waals surface area (Å²) in [6, 6.07) is 0.435. The lowest BCUT2D eigenvalue weighted by atomic mass is 9.84. The van der Waals surface area contributed by atoms with Crippen molar-refractivity contribution in [1.82, 2.24) is 15.1 Å². The molecule has 0 aliphatic heterocycles. The zero-order valence-electron chi connectivity index (χ0n) is 12.2. The molecule has 0 saturated heterocycles. The largest absolute Gasteiger partial charge is 0.309 e. The van der Waals surface area contributed by atoms with Crippen LogP contribution in [0.2, 0.25) is 0 Å². The molecular formula is C15H26BrN3.